The normalized spacial score (nSPS) is 12.6. The molecule has 0 aliphatic rings. The van der Waals surface area contributed by atoms with Crippen molar-refractivity contribution in [2.45, 2.75) is 24.7 Å². The molecule has 3 aromatic heterocycles. The maximum Gasteiger partial charge on any atom is 0.417 e. The van der Waals surface area contributed by atoms with Gasteiger partial charge in [-0.1, -0.05) is 127 Å². The Morgan fingerprint density at radius 2 is 0.756 bits per heavy atom. The number of nitrogens with zero attached hydrogens (tertiary/aromatic N) is 4. The van der Waals surface area contributed by atoms with Gasteiger partial charge in [-0.15, -0.1) is 0 Å². The Bertz CT molecular complexity index is 4140. The summed E-state index contributed by atoms with van der Waals surface area (Å²) in [5, 5.41) is 2.30. The first-order chi connectivity index (χ1) is 37.2. The number of benzene rings is 9. The standard InChI is InChI=1S/C61H32F12N4O/c62-58(63,64)39-19-23-41(48(31-39)60(68,69)70)37-15-21-43-44-22-16-38(42-24-20-40(59(65,66)67)32-49(42)61(71,72)73)30-52(44)77(51(43)29-37)50-25-17-35(36-18-26-54-46(27-36)45-13-7-8-14-53(45)78-54)28-47(50)57-75-55(33-9-3-1-4-10-33)74-56(76-57)34-11-5-2-6-12-34/h1-32H. The van der Waals surface area contributed by atoms with Crippen LogP contribution in [0.3, 0.4) is 0 Å². The van der Waals surface area contributed by atoms with E-state index in [1.807, 2.05) is 42.5 Å². The lowest BCUT2D eigenvalue weighted by Crippen LogP contribution is -2.12. The van der Waals surface area contributed by atoms with E-state index in [4.69, 9.17) is 19.4 Å². The number of para-hydroxylation sites is 1. The molecular formula is C61H32F12N4O. The minimum atomic E-state index is -5.27. The topological polar surface area (TPSA) is 56.7 Å². The van der Waals surface area contributed by atoms with Crippen molar-refractivity contribution < 1.29 is 57.1 Å². The Hall–Kier alpha value is -9.25. The fraction of sp³-hybridized carbons (Fsp3) is 0.0656. The summed E-state index contributed by atoms with van der Waals surface area (Å²) >= 11 is 0. The maximum atomic E-state index is 14.9. The predicted molar refractivity (Wildman–Crippen MR) is 274 cm³/mol. The second-order valence-electron chi connectivity index (χ2n) is 18.4. The van der Waals surface area contributed by atoms with Gasteiger partial charge in [-0.2, -0.15) is 52.7 Å². The van der Waals surface area contributed by atoms with Crippen molar-refractivity contribution >= 4 is 43.7 Å². The number of halogens is 12. The van der Waals surface area contributed by atoms with Crippen LogP contribution in [0.25, 0.3) is 117 Å². The molecular weight excluding hydrogens is 1030 g/mol. The van der Waals surface area contributed by atoms with Crippen molar-refractivity contribution in [3.8, 4) is 73.2 Å². The molecule has 0 amide bonds. The molecule has 5 nitrogen and oxygen atoms in total. The van der Waals surface area contributed by atoms with E-state index < -0.39 is 58.1 Å². The molecule has 12 aromatic rings. The second kappa shape index (κ2) is 18.2. The molecule has 0 saturated carbocycles. The minimum absolute atomic E-state index is 0.0274. The lowest BCUT2D eigenvalue weighted by atomic mass is 9.95. The molecule has 17 heteroatoms. The Morgan fingerprint density at radius 1 is 0.308 bits per heavy atom. The van der Waals surface area contributed by atoms with Gasteiger partial charge in [-0.25, -0.2) is 15.0 Å². The van der Waals surface area contributed by atoms with Crippen LogP contribution < -0.4 is 0 Å². The van der Waals surface area contributed by atoms with Crippen molar-refractivity contribution in [2.24, 2.45) is 0 Å². The van der Waals surface area contributed by atoms with E-state index >= 15 is 0 Å². The first kappa shape index (κ1) is 49.6. The number of hydrogen-bond acceptors (Lipinski definition) is 4. The number of aromatic nitrogens is 4. The van der Waals surface area contributed by atoms with Gasteiger partial charge in [-0.3, -0.25) is 0 Å². The smallest absolute Gasteiger partial charge is 0.417 e. The average Bonchev–Trinajstić information content (AvgIpc) is 4.04. The average molecular weight is 1060 g/mol. The van der Waals surface area contributed by atoms with Crippen LogP contribution in [0.15, 0.2) is 199 Å². The summed E-state index contributed by atoms with van der Waals surface area (Å²) in [5.41, 5.74) is -3.29. The van der Waals surface area contributed by atoms with Crippen LogP contribution in [-0.2, 0) is 24.7 Å². The maximum absolute atomic E-state index is 14.9. The van der Waals surface area contributed by atoms with E-state index in [0.717, 1.165) is 22.9 Å². The molecule has 0 bridgehead atoms. The van der Waals surface area contributed by atoms with E-state index in [9.17, 15) is 52.7 Å². The molecule has 78 heavy (non-hydrogen) atoms. The molecule has 0 aliphatic carbocycles. The molecule has 9 aromatic carbocycles. The van der Waals surface area contributed by atoms with Gasteiger partial charge >= 0.3 is 24.7 Å². The number of rotatable bonds is 7. The van der Waals surface area contributed by atoms with Gasteiger partial charge in [0.1, 0.15) is 11.2 Å². The fourth-order valence-electron chi connectivity index (χ4n) is 9.95. The van der Waals surface area contributed by atoms with Crippen LogP contribution in [0.5, 0.6) is 0 Å². The molecule has 0 spiro atoms. The van der Waals surface area contributed by atoms with Crippen molar-refractivity contribution in [2.75, 3.05) is 0 Å². The second-order valence-corrected chi connectivity index (χ2v) is 18.4. The van der Waals surface area contributed by atoms with Gasteiger partial charge in [0.2, 0.25) is 0 Å². The molecule has 12 rings (SSSR count). The Morgan fingerprint density at radius 3 is 1.27 bits per heavy atom. The highest BCUT2D eigenvalue weighted by Gasteiger charge is 2.40. The van der Waals surface area contributed by atoms with Gasteiger partial charge in [0.25, 0.3) is 0 Å². The summed E-state index contributed by atoms with van der Waals surface area (Å²) in [4.78, 5) is 14.9. The van der Waals surface area contributed by atoms with Gasteiger partial charge < -0.3 is 8.98 Å². The molecule has 0 N–H and O–H groups in total. The summed E-state index contributed by atoms with van der Waals surface area (Å²) in [6.45, 7) is 0. The van der Waals surface area contributed by atoms with Crippen LogP contribution in [0.4, 0.5) is 52.7 Å². The monoisotopic (exact) mass is 1060 g/mol. The van der Waals surface area contributed by atoms with Crippen LogP contribution in [0.1, 0.15) is 22.3 Å². The molecule has 0 radical (unpaired) electrons. The van der Waals surface area contributed by atoms with Gasteiger partial charge in [0.05, 0.1) is 39.0 Å². The molecule has 0 unspecified atom stereocenters. The largest absolute Gasteiger partial charge is 0.456 e. The van der Waals surface area contributed by atoms with Crippen molar-refractivity contribution in [1.82, 2.24) is 19.5 Å². The van der Waals surface area contributed by atoms with Gasteiger partial charge in [0.15, 0.2) is 17.5 Å². The molecule has 0 atom stereocenters. The summed E-state index contributed by atoms with van der Waals surface area (Å²) in [6.07, 6.45) is -20.8. The molecule has 3 heterocycles. The summed E-state index contributed by atoms with van der Waals surface area (Å²) < 4.78 is 181. The molecule has 0 fully saturated rings. The Kier molecular flexibility index (Phi) is 11.6. The van der Waals surface area contributed by atoms with Crippen LogP contribution >= 0.6 is 0 Å². The van der Waals surface area contributed by atoms with Crippen LogP contribution in [-0.4, -0.2) is 19.5 Å². The SMILES string of the molecule is FC(F)(F)c1ccc(-c2ccc3c4ccc(-c5ccc(C(F)(F)F)cc5C(F)(F)F)cc4n(-c4ccc(-c5ccc6oc7ccccc7c6c5)cc4-c4nc(-c5ccccc5)nc(-c5ccccc5)n4)c3c2)c(C(F)(F)F)c1. The van der Waals surface area contributed by atoms with Crippen molar-refractivity contribution in [3.05, 3.63) is 216 Å². The van der Waals surface area contributed by atoms with Crippen molar-refractivity contribution in [1.29, 1.82) is 0 Å². The Labute approximate surface area is 433 Å². The van der Waals surface area contributed by atoms with Crippen molar-refractivity contribution in [3.63, 3.8) is 0 Å². The van der Waals surface area contributed by atoms with E-state index in [2.05, 4.69) is 0 Å². The summed E-state index contributed by atoms with van der Waals surface area (Å²) in [6, 6.07) is 46.9. The number of fused-ring (bicyclic) bond motifs is 6. The highest BCUT2D eigenvalue weighted by molar-refractivity contribution is 6.12. The zero-order valence-electron chi connectivity index (χ0n) is 39.7. The van der Waals surface area contributed by atoms with E-state index in [-0.39, 0.29) is 63.0 Å². The van der Waals surface area contributed by atoms with E-state index in [1.165, 1.54) is 36.4 Å². The molecule has 0 aliphatic heterocycles. The van der Waals surface area contributed by atoms with Gasteiger partial charge in [0, 0.05) is 38.2 Å². The molecule has 386 valence electrons. The summed E-state index contributed by atoms with van der Waals surface area (Å²) in [7, 11) is 0. The first-order valence-electron chi connectivity index (χ1n) is 23.8. The molecule has 0 saturated heterocycles. The summed E-state index contributed by atoms with van der Waals surface area (Å²) in [5.74, 6) is 0.539. The van der Waals surface area contributed by atoms with E-state index in [0.29, 0.717) is 56.3 Å². The third-order valence-electron chi connectivity index (χ3n) is 13.6. The zero-order chi connectivity index (χ0) is 54.5. The van der Waals surface area contributed by atoms with Crippen LogP contribution in [0, 0.1) is 0 Å². The van der Waals surface area contributed by atoms with Crippen LogP contribution in [0.2, 0.25) is 0 Å². The minimum Gasteiger partial charge on any atom is -0.456 e. The fourth-order valence-corrected chi connectivity index (χ4v) is 9.95. The number of hydrogen-bond donors (Lipinski definition) is 0. The predicted octanol–water partition coefficient (Wildman–Crippen LogP) is 18.9. The third kappa shape index (κ3) is 8.93. The number of furan rings is 1. The lowest BCUT2D eigenvalue weighted by molar-refractivity contribution is -0.144. The highest BCUT2D eigenvalue weighted by Crippen LogP contribution is 2.47. The quantitative estimate of drug-likeness (QED) is 0.149. The third-order valence-corrected chi connectivity index (χ3v) is 13.6. The van der Waals surface area contributed by atoms with E-state index in [1.54, 1.807) is 83.4 Å². The zero-order valence-corrected chi connectivity index (χ0v) is 39.7. The highest BCUT2D eigenvalue weighted by atomic mass is 19.4. The number of alkyl halides is 12. The van der Waals surface area contributed by atoms with Gasteiger partial charge in [-0.05, 0) is 100 Å². The lowest BCUT2D eigenvalue weighted by Gasteiger charge is -2.18. The first-order valence-corrected chi connectivity index (χ1v) is 23.8. The Balaban J connectivity index is 1.19.